The number of nitrogens with zero attached hydrogens (tertiary/aromatic N) is 3. The van der Waals surface area contributed by atoms with E-state index >= 15 is 0 Å². The lowest BCUT2D eigenvalue weighted by molar-refractivity contribution is 0.0703. The Balaban J connectivity index is 1.39. The third kappa shape index (κ3) is 3.82. The third-order valence-corrected chi connectivity index (χ3v) is 5.48. The van der Waals surface area contributed by atoms with Gasteiger partial charge in [-0.1, -0.05) is 5.16 Å². The topological polar surface area (TPSA) is 86.9 Å². The molecule has 0 aliphatic carbocycles. The summed E-state index contributed by atoms with van der Waals surface area (Å²) in [4.78, 5) is 19.4. The molecule has 0 bridgehead atoms. The first-order chi connectivity index (χ1) is 13.7. The lowest BCUT2D eigenvalue weighted by atomic mass is 9.96. The molecule has 1 amide bonds. The molecular formula is C20H25N3O5. The maximum absolute atomic E-state index is 12.9. The van der Waals surface area contributed by atoms with E-state index in [1.54, 1.807) is 32.4 Å². The maximum atomic E-state index is 12.9. The second-order valence-corrected chi connectivity index (χ2v) is 7.22. The first-order valence-electron chi connectivity index (χ1n) is 9.61. The Kier molecular flexibility index (Phi) is 5.47. The standard InChI is InChI=1S/C20H25N3O5/c1-25-16-9-15(10-17(11-16)26-2)20(24)23-6-3-13(4-7-23)19-21-18(22-28-19)14-5-8-27-12-14/h9-11,13-14H,3-8,12H2,1-2H3/t14-/m0/s1. The number of hydrogen-bond acceptors (Lipinski definition) is 7. The molecule has 1 atom stereocenters. The number of likely N-dealkylation sites (tertiary alicyclic amines) is 1. The van der Waals surface area contributed by atoms with Gasteiger partial charge in [0.05, 0.1) is 20.8 Å². The zero-order valence-electron chi connectivity index (χ0n) is 16.2. The van der Waals surface area contributed by atoms with Gasteiger partial charge >= 0.3 is 0 Å². The summed E-state index contributed by atoms with van der Waals surface area (Å²) in [5, 5.41) is 4.14. The summed E-state index contributed by atoms with van der Waals surface area (Å²) in [7, 11) is 3.15. The van der Waals surface area contributed by atoms with Crippen molar-refractivity contribution in [3.63, 3.8) is 0 Å². The van der Waals surface area contributed by atoms with Gasteiger partial charge in [0.25, 0.3) is 5.91 Å². The third-order valence-electron chi connectivity index (χ3n) is 5.48. The molecule has 2 saturated heterocycles. The van der Waals surface area contributed by atoms with Crippen molar-refractivity contribution in [2.45, 2.75) is 31.1 Å². The van der Waals surface area contributed by atoms with E-state index in [0.717, 1.165) is 31.7 Å². The molecule has 2 aliphatic rings. The lowest BCUT2D eigenvalue weighted by Crippen LogP contribution is -2.38. The van der Waals surface area contributed by atoms with E-state index < -0.39 is 0 Å². The second-order valence-electron chi connectivity index (χ2n) is 7.22. The van der Waals surface area contributed by atoms with E-state index in [4.69, 9.17) is 18.7 Å². The number of carbonyl (C=O) groups excluding carboxylic acids is 1. The smallest absolute Gasteiger partial charge is 0.254 e. The van der Waals surface area contributed by atoms with E-state index in [1.807, 2.05) is 4.90 Å². The van der Waals surface area contributed by atoms with Crippen molar-refractivity contribution >= 4 is 5.91 Å². The van der Waals surface area contributed by atoms with Crippen LogP contribution in [0.5, 0.6) is 11.5 Å². The maximum Gasteiger partial charge on any atom is 0.254 e. The van der Waals surface area contributed by atoms with Crippen LogP contribution in [0.2, 0.25) is 0 Å². The summed E-state index contributed by atoms with van der Waals surface area (Å²) in [6.45, 7) is 2.71. The quantitative estimate of drug-likeness (QED) is 0.779. The molecule has 2 aliphatic heterocycles. The van der Waals surface area contributed by atoms with Crippen LogP contribution in [0.25, 0.3) is 0 Å². The molecule has 3 heterocycles. The first-order valence-corrected chi connectivity index (χ1v) is 9.61. The fourth-order valence-electron chi connectivity index (χ4n) is 3.76. The van der Waals surface area contributed by atoms with Crippen LogP contribution < -0.4 is 9.47 Å². The van der Waals surface area contributed by atoms with Crippen molar-refractivity contribution in [3.05, 3.63) is 35.5 Å². The van der Waals surface area contributed by atoms with Gasteiger partial charge in [0.1, 0.15) is 11.5 Å². The molecule has 8 heteroatoms. The molecule has 2 aromatic rings. The Labute approximate surface area is 163 Å². The summed E-state index contributed by atoms with van der Waals surface area (Å²) in [6.07, 6.45) is 2.54. The van der Waals surface area contributed by atoms with Crippen molar-refractivity contribution in [2.75, 3.05) is 40.5 Å². The van der Waals surface area contributed by atoms with Gasteiger partial charge < -0.3 is 23.6 Å². The molecule has 4 rings (SSSR count). The van der Waals surface area contributed by atoms with Crippen molar-refractivity contribution in [1.29, 1.82) is 0 Å². The Bertz CT molecular complexity index is 801. The predicted molar refractivity (Wildman–Crippen MR) is 99.9 cm³/mol. The van der Waals surface area contributed by atoms with Crippen LogP contribution in [-0.2, 0) is 4.74 Å². The Morgan fingerprint density at radius 1 is 1.07 bits per heavy atom. The minimum Gasteiger partial charge on any atom is -0.497 e. The van der Waals surface area contributed by atoms with Crippen LogP contribution in [0, 0.1) is 0 Å². The molecule has 0 radical (unpaired) electrons. The molecule has 0 N–H and O–H groups in total. The number of hydrogen-bond donors (Lipinski definition) is 0. The molecule has 0 unspecified atom stereocenters. The highest BCUT2D eigenvalue weighted by Crippen LogP contribution is 2.31. The van der Waals surface area contributed by atoms with Crippen LogP contribution in [0.15, 0.2) is 22.7 Å². The van der Waals surface area contributed by atoms with Gasteiger partial charge in [0.2, 0.25) is 5.89 Å². The van der Waals surface area contributed by atoms with E-state index in [2.05, 4.69) is 10.1 Å². The SMILES string of the molecule is COc1cc(OC)cc(C(=O)N2CCC(c3nc([C@H]4CCOC4)no3)CC2)c1. The summed E-state index contributed by atoms with van der Waals surface area (Å²) in [6, 6.07) is 5.24. The van der Waals surface area contributed by atoms with Gasteiger partial charge in [0, 0.05) is 43.2 Å². The van der Waals surface area contributed by atoms with Gasteiger partial charge in [-0.2, -0.15) is 4.98 Å². The van der Waals surface area contributed by atoms with E-state index in [9.17, 15) is 4.79 Å². The molecular weight excluding hydrogens is 362 g/mol. The molecule has 150 valence electrons. The summed E-state index contributed by atoms with van der Waals surface area (Å²) in [5.74, 6) is 3.03. The van der Waals surface area contributed by atoms with Gasteiger partial charge in [0.15, 0.2) is 5.82 Å². The number of piperidine rings is 1. The minimum atomic E-state index is -0.0232. The van der Waals surface area contributed by atoms with E-state index in [0.29, 0.717) is 42.6 Å². The molecule has 1 aromatic heterocycles. The Morgan fingerprint density at radius 3 is 2.39 bits per heavy atom. The largest absolute Gasteiger partial charge is 0.497 e. The van der Waals surface area contributed by atoms with Crippen LogP contribution in [0.1, 0.15) is 53.2 Å². The highest BCUT2D eigenvalue weighted by Gasteiger charge is 2.30. The van der Waals surface area contributed by atoms with Gasteiger partial charge in [-0.3, -0.25) is 4.79 Å². The minimum absolute atomic E-state index is 0.0232. The lowest BCUT2D eigenvalue weighted by Gasteiger charge is -2.30. The number of ether oxygens (including phenoxy) is 3. The molecule has 2 fully saturated rings. The van der Waals surface area contributed by atoms with E-state index in [1.165, 1.54) is 0 Å². The zero-order chi connectivity index (χ0) is 19.5. The summed E-state index contributed by atoms with van der Waals surface area (Å²) < 4.78 is 21.4. The summed E-state index contributed by atoms with van der Waals surface area (Å²) >= 11 is 0. The normalized spacial score (nSPS) is 20.4. The first kappa shape index (κ1) is 18.7. The van der Waals surface area contributed by atoms with Crippen LogP contribution >= 0.6 is 0 Å². The highest BCUT2D eigenvalue weighted by molar-refractivity contribution is 5.95. The zero-order valence-corrected chi connectivity index (χ0v) is 16.2. The van der Waals surface area contributed by atoms with Crippen molar-refractivity contribution in [2.24, 2.45) is 0 Å². The van der Waals surface area contributed by atoms with Crippen LogP contribution in [-0.4, -0.2) is 61.5 Å². The average molecular weight is 387 g/mol. The van der Waals surface area contributed by atoms with Crippen LogP contribution in [0.4, 0.5) is 0 Å². The molecule has 28 heavy (non-hydrogen) atoms. The number of aromatic nitrogens is 2. The average Bonchev–Trinajstić information content (AvgIpc) is 3.44. The molecule has 0 spiro atoms. The van der Waals surface area contributed by atoms with Crippen molar-refractivity contribution in [1.82, 2.24) is 15.0 Å². The van der Waals surface area contributed by atoms with Crippen LogP contribution in [0.3, 0.4) is 0 Å². The fourth-order valence-corrected chi connectivity index (χ4v) is 3.76. The molecule has 0 saturated carbocycles. The number of carbonyl (C=O) groups is 1. The van der Waals surface area contributed by atoms with Gasteiger partial charge in [-0.25, -0.2) is 0 Å². The fraction of sp³-hybridized carbons (Fsp3) is 0.550. The number of methoxy groups -OCH3 is 2. The van der Waals surface area contributed by atoms with Crippen molar-refractivity contribution in [3.8, 4) is 11.5 Å². The number of amides is 1. The summed E-state index contributed by atoms with van der Waals surface area (Å²) in [5.41, 5.74) is 0.566. The predicted octanol–water partition coefficient (Wildman–Crippen LogP) is 2.61. The van der Waals surface area contributed by atoms with E-state index in [-0.39, 0.29) is 17.7 Å². The highest BCUT2D eigenvalue weighted by atomic mass is 16.5. The number of rotatable bonds is 5. The Hall–Kier alpha value is -2.61. The van der Waals surface area contributed by atoms with Gasteiger partial charge in [-0.15, -0.1) is 0 Å². The van der Waals surface area contributed by atoms with Gasteiger partial charge in [-0.05, 0) is 31.4 Å². The monoisotopic (exact) mass is 387 g/mol. The number of benzene rings is 1. The Morgan fingerprint density at radius 2 is 1.79 bits per heavy atom. The molecule has 8 nitrogen and oxygen atoms in total. The van der Waals surface area contributed by atoms with Crippen molar-refractivity contribution < 1.29 is 23.5 Å². The molecule has 1 aromatic carbocycles. The second kappa shape index (κ2) is 8.18.